The Labute approximate surface area is 139 Å². The third-order valence-corrected chi connectivity index (χ3v) is 4.46. The van der Waals surface area contributed by atoms with Crippen molar-refractivity contribution in [3.8, 4) is 5.75 Å². The highest BCUT2D eigenvalue weighted by Gasteiger charge is 2.22. The van der Waals surface area contributed by atoms with E-state index >= 15 is 0 Å². The zero-order chi connectivity index (χ0) is 15.9. The number of anilines is 1. The van der Waals surface area contributed by atoms with E-state index in [9.17, 15) is 0 Å². The molecule has 23 heavy (non-hydrogen) atoms. The van der Waals surface area contributed by atoms with Crippen LogP contribution in [0.3, 0.4) is 0 Å². The Morgan fingerprint density at radius 1 is 1.13 bits per heavy atom. The van der Waals surface area contributed by atoms with Crippen LogP contribution in [0.4, 0.5) is 5.69 Å². The molecule has 2 aromatic rings. The molecule has 1 fully saturated rings. The number of nitrogens with one attached hydrogen (secondary N) is 1. The Kier molecular flexibility index (Phi) is 5.54. The highest BCUT2D eigenvalue weighted by atomic mass is 16.5. The minimum absolute atomic E-state index is 0.718. The summed E-state index contributed by atoms with van der Waals surface area (Å²) in [5.41, 5.74) is 2.60. The normalized spacial score (nSPS) is 17.4. The number of ether oxygens (including phenoxy) is 1. The molecule has 0 amide bonds. The maximum Gasteiger partial charge on any atom is 0.121 e. The van der Waals surface area contributed by atoms with Crippen molar-refractivity contribution in [1.29, 1.82) is 0 Å². The second-order valence-electron chi connectivity index (χ2n) is 6.24. The van der Waals surface area contributed by atoms with Gasteiger partial charge in [-0.1, -0.05) is 36.4 Å². The van der Waals surface area contributed by atoms with E-state index in [0.29, 0.717) is 0 Å². The first-order valence-electron chi connectivity index (χ1n) is 8.51. The van der Waals surface area contributed by atoms with Crippen LogP contribution in [0.2, 0.25) is 0 Å². The van der Waals surface area contributed by atoms with E-state index < -0.39 is 0 Å². The van der Waals surface area contributed by atoms with Gasteiger partial charge in [-0.25, -0.2) is 0 Å². The smallest absolute Gasteiger partial charge is 0.121 e. The number of rotatable bonds is 7. The van der Waals surface area contributed by atoms with Crippen molar-refractivity contribution in [1.82, 2.24) is 5.32 Å². The average Bonchev–Trinajstić information content (AvgIpc) is 3.05. The van der Waals surface area contributed by atoms with Gasteiger partial charge < -0.3 is 15.0 Å². The molecular formula is C20H26N2O. The van der Waals surface area contributed by atoms with E-state index in [0.717, 1.165) is 44.3 Å². The van der Waals surface area contributed by atoms with Crippen LogP contribution >= 0.6 is 0 Å². The summed E-state index contributed by atoms with van der Waals surface area (Å²) in [4.78, 5) is 2.46. The van der Waals surface area contributed by atoms with Gasteiger partial charge in [0.05, 0.1) is 6.61 Å². The lowest BCUT2D eigenvalue weighted by Gasteiger charge is -2.19. The number of benzene rings is 2. The van der Waals surface area contributed by atoms with E-state index in [1.807, 2.05) is 13.1 Å². The maximum absolute atomic E-state index is 5.95. The lowest BCUT2D eigenvalue weighted by molar-refractivity contribution is 0.322. The molecule has 0 aromatic heterocycles. The molecule has 1 N–H and O–H groups in total. The van der Waals surface area contributed by atoms with Gasteiger partial charge in [0.25, 0.3) is 0 Å². The predicted octanol–water partition coefficient (Wildman–Crippen LogP) is 3.35. The quantitative estimate of drug-likeness (QED) is 0.849. The molecule has 1 unspecified atom stereocenters. The Morgan fingerprint density at radius 2 is 2.00 bits per heavy atom. The SMILES string of the molecule is CNCC1CCN(c2cccc(OCCc3ccccc3)c2)C1. The highest BCUT2D eigenvalue weighted by molar-refractivity contribution is 5.51. The molecule has 122 valence electrons. The van der Waals surface area contributed by atoms with Crippen LogP contribution in [0.5, 0.6) is 5.75 Å². The van der Waals surface area contributed by atoms with E-state index in [-0.39, 0.29) is 0 Å². The van der Waals surface area contributed by atoms with Crippen LogP contribution in [0.25, 0.3) is 0 Å². The molecule has 0 spiro atoms. The molecule has 3 nitrogen and oxygen atoms in total. The molecule has 0 bridgehead atoms. The number of nitrogens with zero attached hydrogens (tertiary/aromatic N) is 1. The van der Waals surface area contributed by atoms with Crippen LogP contribution in [0, 0.1) is 5.92 Å². The van der Waals surface area contributed by atoms with Gasteiger partial charge in [-0.2, -0.15) is 0 Å². The fourth-order valence-electron chi connectivity index (χ4n) is 3.22. The molecule has 0 radical (unpaired) electrons. The topological polar surface area (TPSA) is 24.5 Å². The molecule has 1 atom stereocenters. The van der Waals surface area contributed by atoms with Crippen LogP contribution in [-0.4, -0.2) is 33.3 Å². The molecule has 1 saturated heterocycles. The molecule has 0 aliphatic carbocycles. The standard InChI is InChI=1S/C20H26N2O/c1-21-15-18-10-12-22(16-18)19-8-5-9-20(14-19)23-13-11-17-6-3-2-4-7-17/h2-9,14,18,21H,10-13,15-16H2,1H3. The average molecular weight is 310 g/mol. The Morgan fingerprint density at radius 3 is 2.83 bits per heavy atom. The predicted molar refractivity (Wildman–Crippen MR) is 96.3 cm³/mol. The molecule has 3 rings (SSSR count). The van der Waals surface area contributed by atoms with Crippen LogP contribution in [-0.2, 0) is 6.42 Å². The van der Waals surface area contributed by atoms with Gasteiger partial charge in [-0.05, 0) is 43.6 Å². The first kappa shape index (κ1) is 15.9. The maximum atomic E-state index is 5.95. The largest absolute Gasteiger partial charge is 0.493 e. The van der Waals surface area contributed by atoms with Gasteiger partial charge in [0.2, 0.25) is 0 Å². The minimum atomic E-state index is 0.718. The van der Waals surface area contributed by atoms with E-state index in [1.165, 1.54) is 17.7 Å². The number of hydrogen-bond donors (Lipinski definition) is 1. The fraction of sp³-hybridized carbons (Fsp3) is 0.400. The molecular weight excluding hydrogens is 284 g/mol. The minimum Gasteiger partial charge on any atom is -0.493 e. The third-order valence-electron chi connectivity index (χ3n) is 4.46. The van der Waals surface area contributed by atoms with Crippen LogP contribution < -0.4 is 15.0 Å². The van der Waals surface area contributed by atoms with Crippen LogP contribution in [0.15, 0.2) is 54.6 Å². The summed E-state index contributed by atoms with van der Waals surface area (Å²) in [6.45, 7) is 4.09. The van der Waals surface area contributed by atoms with Gasteiger partial charge in [-0.15, -0.1) is 0 Å². The molecule has 1 heterocycles. The molecule has 3 heteroatoms. The van der Waals surface area contributed by atoms with Gasteiger partial charge in [0, 0.05) is 31.3 Å². The van der Waals surface area contributed by atoms with Crippen molar-refractivity contribution >= 4 is 5.69 Å². The summed E-state index contributed by atoms with van der Waals surface area (Å²) in [7, 11) is 2.03. The zero-order valence-corrected chi connectivity index (χ0v) is 13.9. The highest BCUT2D eigenvalue weighted by Crippen LogP contribution is 2.26. The summed E-state index contributed by atoms with van der Waals surface area (Å²) < 4.78 is 5.95. The van der Waals surface area contributed by atoms with Crippen molar-refractivity contribution in [2.45, 2.75) is 12.8 Å². The summed E-state index contributed by atoms with van der Waals surface area (Å²) in [5, 5.41) is 3.29. The Balaban J connectivity index is 1.53. The summed E-state index contributed by atoms with van der Waals surface area (Å²) in [5.74, 6) is 1.72. The monoisotopic (exact) mass is 310 g/mol. The molecule has 1 aliphatic heterocycles. The van der Waals surface area contributed by atoms with E-state index in [1.54, 1.807) is 0 Å². The second-order valence-corrected chi connectivity index (χ2v) is 6.24. The molecule has 2 aromatic carbocycles. The van der Waals surface area contributed by atoms with E-state index in [2.05, 4.69) is 58.7 Å². The lowest BCUT2D eigenvalue weighted by atomic mass is 10.1. The Hall–Kier alpha value is -2.00. The van der Waals surface area contributed by atoms with Crippen molar-refractivity contribution in [3.05, 3.63) is 60.2 Å². The van der Waals surface area contributed by atoms with Gasteiger partial charge >= 0.3 is 0 Å². The molecule has 0 saturated carbocycles. The summed E-state index contributed by atoms with van der Waals surface area (Å²) in [6.07, 6.45) is 2.21. The molecule has 1 aliphatic rings. The third kappa shape index (κ3) is 4.49. The summed E-state index contributed by atoms with van der Waals surface area (Å²) in [6, 6.07) is 19.0. The lowest BCUT2D eigenvalue weighted by Crippen LogP contribution is -2.24. The van der Waals surface area contributed by atoms with Gasteiger partial charge in [-0.3, -0.25) is 0 Å². The van der Waals surface area contributed by atoms with Gasteiger partial charge in [0.1, 0.15) is 5.75 Å². The second kappa shape index (κ2) is 8.02. The van der Waals surface area contributed by atoms with Crippen molar-refractivity contribution in [2.75, 3.05) is 38.2 Å². The summed E-state index contributed by atoms with van der Waals surface area (Å²) >= 11 is 0. The van der Waals surface area contributed by atoms with E-state index in [4.69, 9.17) is 4.74 Å². The zero-order valence-electron chi connectivity index (χ0n) is 13.9. The van der Waals surface area contributed by atoms with Crippen molar-refractivity contribution in [3.63, 3.8) is 0 Å². The first-order valence-corrected chi connectivity index (χ1v) is 8.51. The fourth-order valence-corrected chi connectivity index (χ4v) is 3.22. The van der Waals surface area contributed by atoms with Crippen LogP contribution in [0.1, 0.15) is 12.0 Å². The first-order chi connectivity index (χ1) is 11.3. The van der Waals surface area contributed by atoms with Crippen molar-refractivity contribution in [2.24, 2.45) is 5.92 Å². The number of hydrogen-bond acceptors (Lipinski definition) is 3. The van der Waals surface area contributed by atoms with Gasteiger partial charge in [0.15, 0.2) is 0 Å². The Bertz CT molecular complexity index is 600. The van der Waals surface area contributed by atoms with Crippen molar-refractivity contribution < 1.29 is 4.74 Å².